The van der Waals surface area contributed by atoms with E-state index in [1.807, 2.05) is 0 Å². The van der Waals surface area contributed by atoms with Gasteiger partial charge in [-0.25, -0.2) is 4.79 Å². The number of nitro groups is 1. The zero-order valence-corrected chi connectivity index (χ0v) is 17.4. The van der Waals surface area contributed by atoms with Crippen LogP contribution in [0.25, 0.3) is 0 Å². The highest BCUT2D eigenvalue weighted by atomic mass is 32.1. The summed E-state index contributed by atoms with van der Waals surface area (Å²) in [4.78, 5) is 47.4. The van der Waals surface area contributed by atoms with Crippen LogP contribution in [-0.2, 0) is 16.0 Å². The lowest BCUT2D eigenvalue weighted by atomic mass is 10.1. The second-order valence-electron chi connectivity index (χ2n) is 5.98. The molecule has 160 valence electrons. The number of ketones is 1. The van der Waals surface area contributed by atoms with Crippen molar-refractivity contribution in [3.63, 3.8) is 0 Å². The van der Waals surface area contributed by atoms with Gasteiger partial charge in [0.2, 0.25) is 11.7 Å². The van der Waals surface area contributed by atoms with Gasteiger partial charge in [-0.05, 0) is 18.6 Å². The fourth-order valence-electron chi connectivity index (χ4n) is 2.49. The van der Waals surface area contributed by atoms with Gasteiger partial charge >= 0.3 is 5.97 Å². The van der Waals surface area contributed by atoms with Crippen LogP contribution in [0.1, 0.15) is 31.8 Å². The number of benzene rings is 1. The molecular weight excluding hydrogens is 416 g/mol. The first-order valence-electron chi connectivity index (χ1n) is 8.70. The summed E-state index contributed by atoms with van der Waals surface area (Å²) in [6.07, 6.45) is 0.565. The van der Waals surface area contributed by atoms with Gasteiger partial charge in [0.1, 0.15) is 5.56 Å². The maximum absolute atomic E-state index is 12.4. The second kappa shape index (κ2) is 10.3. The quantitative estimate of drug-likeness (QED) is 0.260. The third kappa shape index (κ3) is 5.77. The molecule has 0 radical (unpaired) electrons. The Morgan fingerprint density at radius 3 is 2.40 bits per heavy atom. The van der Waals surface area contributed by atoms with Gasteiger partial charge in [-0.1, -0.05) is 0 Å². The summed E-state index contributed by atoms with van der Waals surface area (Å²) in [6.45, 7) is 1.29. The van der Waals surface area contributed by atoms with E-state index in [9.17, 15) is 24.5 Å². The molecule has 0 atom stereocenters. The minimum atomic E-state index is -1.03. The highest BCUT2D eigenvalue weighted by Gasteiger charge is 2.26. The topological polar surface area (TPSA) is 134 Å². The molecule has 10 nitrogen and oxygen atoms in total. The summed E-state index contributed by atoms with van der Waals surface area (Å²) in [5, 5.41) is 14.0. The molecule has 30 heavy (non-hydrogen) atoms. The molecule has 0 unspecified atom stereocenters. The fraction of sp³-hybridized carbons (Fsp3) is 0.316. The van der Waals surface area contributed by atoms with Crippen molar-refractivity contribution in [1.29, 1.82) is 0 Å². The second-order valence-corrected chi connectivity index (χ2v) is 7.15. The van der Waals surface area contributed by atoms with Crippen LogP contribution in [0.15, 0.2) is 24.3 Å². The number of hydrogen-bond acceptors (Lipinski definition) is 9. The molecule has 11 heteroatoms. The number of thiophene rings is 1. The van der Waals surface area contributed by atoms with Crippen molar-refractivity contribution in [3.8, 4) is 11.5 Å². The maximum atomic E-state index is 12.4. The van der Waals surface area contributed by atoms with Crippen LogP contribution in [0.5, 0.6) is 11.5 Å². The van der Waals surface area contributed by atoms with Crippen molar-refractivity contribution in [2.45, 2.75) is 13.3 Å². The van der Waals surface area contributed by atoms with Gasteiger partial charge in [-0.2, -0.15) is 0 Å². The Hall–Kier alpha value is -3.47. The number of amides is 1. The third-order valence-corrected chi connectivity index (χ3v) is 5.12. The fourth-order valence-corrected chi connectivity index (χ4v) is 3.42. The molecule has 1 aromatic heterocycles. The summed E-state index contributed by atoms with van der Waals surface area (Å²) in [5.74, 6) is -1.41. The number of Topliss-reactive ketones (excluding diaryl/α,β-unsaturated/α-hetero) is 1. The summed E-state index contributed by atoms with van der Waals surface area (Å²) >= 11 is 1.22. The predicted octanol–water partition coefficient (Wildman–Crippen LogP) is 2.39. The van der Waals surface area contributed by atoms with Crippen LogP contribution in [0, 0.1) is 10.1 Å². The van der Waals surface area contributed by atoms with E-state index < -0.39 is 29.0 Å². The largest absolute Gasteiger partial charge is 0.493 e. The maximum Gasteiger partial charge on any atom is 0.345 e. The molecule has 0 fully saturated rings. The summed E-state index contributed by atoms with van der Waals surface area (Å²) in [5.41, 5.74) is -0.880. The monoisotopic (exact) mass is 436 g/mol. The third-order valence-electron chi connectivity index (χ3n) is 3.93. The number of carbonyl (C=O) groups excluding carboxylic acids is 3. The predicted molar refractivity (Wildman–Crippen MR) is 108 cm³/mol. The molecule has 1 amide bonds. The standard InChI is InChI=1S/C19H20N2O8S/c1-11(22)20-7-6-12-4-5-18(30-12)15(23)10-29-19(24)13-8-16(27-2)17(28-3)9-14(13)21(25)26/h4-5,8-9H,6-7,10H2,1-3H3,(H,20,22). The number of nitro benzene ring substituents is 1. The van der Waals surface area contributed by atoms with E-state index in [2.05, 4.69) is 5.32 Å². The number of ether oxygens (including phenoxy) is 3. The van der Waals surface area contributed by atoms with Gasteiger partial charge in [-0.15, -0.1) is 11.3 Å². The summed E-state index contributed by atoms with van der Waals surface area (Å²) < 4.78 is 15.1. The van der Waals surface area contributed by atoms with E-state index in [-0.39, 0.29) is 23.0 Å². The van der Waals surface area contributed by atoms with Crippen molar-refractivity contribution < 1.29 is 33.5 Å². The molecule has 1 heterocycles. The molecule has 0 bridgehead atoms. The number of nitrogens with zero attached hydrogens (tertiary/aromatic N) is 1. The number of hydrogen-bond donors (Lipinski definition) is 1. The smallest absolute Gasteiger partial charge is 0.345 e. The molecule has 0 saturated carbocycles. The number of rotatable bonds is 10. The first-order valence-corrected chi connectivity index (χ1v) is 9.52. The van der Waals surface area contributed by atoms with Crippen molar-refractivity contribution in [2.24, 2.45) is 0 Å². The highest BCUT2D eigenvalue weighted by Crippen LogP contribution is 2.34. The molecule has 0 aliphatic heterocycles. The Bertz CT molecular complexity index is 969. The Balaban J connectivity index is 2.06. The summed E-state index contributed by atoms with van der Waals surface area (Å²) in [7, 11) is 2.63. The molecule has 2 rings (SSSR count). The first kappa shape index (κ1) is 22.8. The van der Waals surface area contributed by atoms with E-state index >= 15 is 0 Å². The van der Waals surface area contributed by atoms with E-state index in [1.54, 1.807) is 12.1 Å². The zero-order chi connectivity index (χ0) is 22.3. The normalized spacial score (nSPS) is 10.2. The van der Waals surface area contributed by atoms with Crippen LogP contribution in [0.2, 0.25) is 0 Å². The van der Waals surface area contributed by atoms with Gasteiger partial charge in [0.05, 0.1) is 30.1 Å². The minimum absolute atomic E-state index is 0.0854. The molecule has 0 saturated heterocycles. The van der Waals surface area contributed by atoms with Crippen molar-refractivity contribution in [2.75, 3.05) is 27.4 Å². The SMILES string of the molecule is COc1cc(C(=O)OCC(=O)c2ccc(CCNC(C)=O)s2)c([N+](=O)[O-])cc1OC. The molecular formula is C19H20N2O8S. The number of nitrogens with one attached hydrogen (secondary N) is 1. The molecule has 1 aromatic carbocycles. The van der Waals surface area contributed by atoms with Gasteiger partial charge in [0, 0.05) is 24.4 Å². The number of esters is 1. The van der Waals surface area contributed by atoms with Crippen molar-refractivity contribution in [3.05, 3.63) is 49.7 Å². The van der Waals surface area contributed by atoms with E-state index in [4.69, 9.17) is 14.2 Å². The summed E-state index contributed by atoms with van der Waals surface area (Å²) in [6, 6.07) is 5.54. The Morgan fingerprint density at radius 1 is 1.13 bits per heavy atom. The number of carbonyl (C=O) groups is 3. The molecule has 2 aromatic rings. The average molecular weight is 436 g/mol. The van der Waals surface area contributed by atoms with Gasteiger partial charge < -0.3 is 19.5 Å². The van der Waals surface area contributed by atoms with Crippen LogP contribution in [0.3, 0.4) is 0 Å². The van der Waals surface area contributed by atoms with E-state index in [1.165, 1.54) is 32.5 Å². The lowest BCUT2D eigenvalue weighted by Gasteiger charge is -2.10. The van der Waals surface area contributed by atoms with Crippen molar-refractivity contribution >= 4 is 34.7 Å². The van der Waals surface area contributed by atoms with Crippen molar-refractivity contribution in [1.82, 2.24) is 5.32 Å². The Kier molecular flexibility index (Phi) is 7.87. The minimum Gasteiger partial charge on any atom is -0.493 e. The van der Waals surface area contributed by atoms with Crippen LogP contribution in [0.4, 0.5) is 5.69 Å². The van der Waals surface area contributed by atoms with E-state index in [0.717, 1.165) is 17.0 Å². The van der Waals surface area contributed by atoms with Gasteiger partial charge in [-0.3, -0.25) is 19.7 Å². The lowest BCUT2D eigenvalue weighted by Crippen LogP contribution is -2.22. The van der Waals surface area contributed by atoms with Crippen LogP contribution < -0.4 is 14.8 Å². The van der Waals surface area contributed by atoms with Gasteiger partial charge in [0.15, 0.2) is 18.1 Å². The average Bonchev–Trinajstić information content (AvgIpc) is 3.19. The molecule has 0 aliphatic carbocycles. The van der Waals surface area contributed by atoms with Crippen LogP contribution in [-0.4, -0.2) is 50.0 Å². The van der Waals surface area contributed by atoms with Gasteiger partial charge in [0.25, 0.3) is 5.69 Å². The lowest BCUT2D eigenvalue weighted by molar-refractivity contribution is -0.385. The van der Waals surface area contributed by atoms with Crippen LogP contribution >= 0.6 is 11.3 Å². The number of methoxy groups -OCH3 is 2. The Labute approximate surface area is 175 Å². The zero-order valence-electron chi connectivity index (χ0n) is 16.6. The molecule has 0 spiro atoms. The molecule has 0 aliphatic rings. The highest BCUT2D eigenvalue weighted by molar-refractivity contribution is 7.14. The first-order chi connectivity index (χ1) is 14.3. The molecule has 1 N–H and O–H groups in total. The van der Waals surface area contributed by atoms with E-state index in [0.29, 0.717) is 17.8 Å². The Morgan fingerprint density at radius 2 is 1.80 bits per heavy atom.